The van der Waals surface area contributed by atoms with Crippen molar-refractivity contribution in [2.45, 2.75) is 39.3 Å². The summed E-state index contributed by atoms with van der Waals surface area (Å²) in [6, 6.07) is 0. The number of halogens is 3. The molecule has 0 aliphatic heterocycles. The van der Waals surface area contributed by atoms with Crippen molar-refractivity contribution < 1.29 is 13.2 Å². The highest BCUT2D eigenvalue weighted by atomic mass is 19.4. The average molecular weight is 166 g/mol. The SMILES string of the molecule is CC/C=C(\CCC)C(F)(F)F. The summed E-state index contributed by atoms with van der Waals surface area (Å²) in [4.78, 5) is 0. The van der Waals surface area contributed by atoms with Crippen LogP contribution in [-0.2, 0) is 0 Å². The van der Waals surface area contributed by atoms with Gasteiger partial charge in [0.2, 0.25) is 0 Å². The zero-order valence-electron chi connectivity index (χ0n) is 6.83. The second kappa shape index (κ2) is 4.42. The number of hydrogen-bond donors (Lipinski definition) is 0. The maximum absolute atomic E-state index is 12.0. The highest BCUT2D eigenvalue weighted by Crippen LogP contribution is 2.29. The van der Waals surface area contributed by atoms with Crippen LogP contribution in [0.2, 0.25) is 0 Å². The van der Waals surface area contributed by atoms with Gasteiger partial charge in [0, 0.05) is 5.57 Å². The first-order valence-corrected chi connectivity index (χ1v) is 3.78. The third-order valence-electron chi connectivity index (χ3n) is 1.33. The molecule has 11 heavy (non-hydrogen) atoms. The van der Waals surface area contributed by atoms with Crippen LogP contribution in [-0.4, -0.2) is 6.18 Å². The first kappa shape index (κ1) is 10.5. The largest absolute Gasteiger partial charge is 0.412 e. The first-order chi connectivity index (χ1) is 5.02. The number of hydrogen-bond acceptors (Lipinski definition) is 0. The molecule has 0 aliphatic carbocycles. The van der Waals surface area contributed by atoms with Gasteiger partial charge in [-0.3, -0.25) is 0 Å². The van der Waals surface area contributed by atoms with Crippen LogP contribution in [0.3, 0.4) is 0 Å². The van der Waals surface area contributed by atoms with Gasteiger partial charge in [-0.25, -0.2) is 0 Å². The molecular weight excluding hydrogens is 153 g/mol. The van der Waals surface area contributed by atoms with Crippen molar-refractivity contribution in [3.05, 3.63) is 11.6 Å². The lowest BCUT2D eigenvalue weighted by atomic mass is 10.1. The van der Waals surface area contributed by atoms with Crippen LogP contribution in [0.5, 0.6) is 0 Å². The molecule has 0 heterocycles. The molecule has 0 unspecified atom stereocenters. The van der Waals surface area contributed by atoms with E-state index in [4.69, 9.17) is 0 Å². The molecule has 66 valence electrons. The molecule has 0 aromatic heterocycles. The molecule has 0 bridgehead atoms. The fraction of sp³-hybridized carbons (Fsp3) is 0.750. The topological polar surface area (TPSA) is 0 Å². The lowest BCUT2D eigenvalue weighted by Crippen LogP contribution is -2.11. The van der Waals surface area contributed by atoms with Gasteiger partial charge in [0.15, 0.2) is 0 Å². The summed E-state index contributed by atoms with van der Waals surface area (Å²) in [5.74, 6) is 0. The maximum Gasteiger partial charge on any atom is 0.412 e. The Balaban J connectivity index is 4.22. The summed E-state index contributed by atoms with van der Waals surface area (Å²) >= 11 is 0. The lowest BCUT2D eigenvalue weighted by Gasteiger charge is -2.09. The van der Waals surface area contributed by atoms with Crippen molar-refractivity contribution in [2.24, 2.45) is 0 Å². The Labute approximate surface area is 65.1 Å². The van der Waals surface area contributed by atoms with Crippen molar-refractivity contribution >= 4 is 0 Å². The molecule has 0 fully saturated rings. The van der Waals surface area contributed by atoms with E-state index in [0.717, 1.165) is 0 Å². The smallest absolute Gasteiger partial charge is 0.166 e. The molecule has 3 heteroatoms. The van der Waals surface area contributed by atoms with Gasteiger partial charge in [0.1, 0.15) is 0 Å². The summed E-state index contributed by atoms with van der Waals surface area (Å²) in [5.41, 5.74) is -0.387. The molecule has 0 aromatic rings. The Morgan fingerprint density at radius 2 is 1.82 bits per heavy atom. The van der Waals surface area contributed by atoms with Gasteiger partial charge >= 0.3 is 6.18 Å². The molecule has 0 rings (SSSR count). The van der Waals surface area contributed by atoms with Crippen LogP contribution in [0.25, 0.3) is 0 Å². The molecule has 0 aliphatic rings. The Bertz CT molecular complexity index is 133. The van der Waals surface area contributed by atoms with E-state index in [1.807, 2.05) is 0 Å². The third-order valence-corrected chi connectivity index (χ3v) is 1.33. The summed E-state index contributed by atoms with van der Waals surface area (Å²) in [6.07, 6.45) is -1.73. The van der Waals surface area contributed by atoms with Crippen molar-refractivity contribution in [2.75, 3.05) is 0 Å². The Hall–Kier alpha value is -0.470. The highest BCUT2D eigenvalue weighted by Gasteiger charge is 2.31. The predicted octanol–water partition coefficient (Wildman–Crippen LogP) is 3.69. The average Bonchev–Trinajstić information content (AvgIpc) is 1.85. The van der Waals surface area contributed by atoms with Crippen molar-refractivity contribution in [3.8, 4) is 0 Å². The van der Waals surface area contributed by atoms with Crippen molar-refractivity contribution in [1.82, 2.24) is 0 Å². The van der Waals surface area contributed by atoms with Crippen molar-refractivity contribution in [3.63, 3.8) is 0 Å². The molecule has 0 saturated heterocycles. The first-order valence-electron chi connectivity index (χ1n) is 3.78. The number of allylic oxidation sites excluding steroid dienone is 2. The summed E-state index contributed by atoms with van der Waals surface area (Å²) in [7, 11) is 0. The summed E-state index contributed by atoms with van der Waals surface area (Å²) in [6.45, 7) is 3.46. The standard InChI is InChI=1S/C8H13F3/c1-3-5-7(6-4-2)8(9,10)11/h5H,3-4,6H2,1-2H3/b7-5+. The van der Waals surface area contributed by atoms with Crippen LogP contribution < -0.4 is 0 Å². The summed E-state index contributed by atoms with van der Waals surface area (Å²) < 4.78 is 36.1. The maximum atomic E-state index is 12.0. The third kappa shape index (κ3) is 4.06. The van der Waals surface area contributed by atoms with Crippen LogP contribution in [0.1, 0.15) is 33.1 Å². The predicted molar refractivity (Wildman–Crippen MR) is 39.3 cm³/mol. The molecular formula is C8H13F3. The van der Waals surface area contributed by atoms with E-state index in [9.17, 15) is 13.2 Å². The minimum Gasteiger partial charge on any atom is -0.166 e. The Kier molecular flexibility index (Phi) is 4.23. The van der Waals surface area contributed by atoms with Gasteiger partial charge in [-0.2, -0.15) is 13.2 Å². The molecule has 0 saturated carbocycles. The zero-order chi connectivity index (χ0) is 8.91. The van der Waals surface area contributed by atoms with Crippen LogP contribution in [0.15, 0.2) is 11.6 Å². The molecule has 0 atom stereocenters. The normalized spacial score (nSPS) is 13.7. The Morgan fingerprint density at radius 3 is 2.09 bits per heavy atom. The van der Waals surface area contributed by atoms with Crippen LogP contribution >= 0.6 is 0 Å². The van der Waals surface area contributed by atoms with E-state index < -0.39 is 6.18 Å². The quantitative estimate of drug-likeness (QED) is 0.561. The van der Waals surface area contributed by atoms with E-state index >= 15 is 0 Å². The van der Waals surface area contributed by atoms with Gasteiger partial charge < -0.3 is 0 Å². The monoisotopic (exact) mass is 166 g/mol. The highest BCUT2D eigenvalue weighted by molar-refractivity contribution is 5.08. The van der Waals surface area contributed by atoms with E-state index in [1.165, 1.54) is 6.08 Å². The van der Waals surface area contributed by atoms with Gasteiger partial charge in [-0.05, 0) is 12.8 Å². The fourth-order valence-corrected chi connectivity index (χ4v) is 0.875. The fourth-order valence-electron chi connectivity index (χ4n) is 0.875. The van der Waals surface area contributed by atoms with E-state index in [-0.39, 0.29) is 12.0 Å². The van der Waals surface area contributed by atoms with E-state index in [2.05, 4.69) is 0 Å². The molecule has 0 nitrogen and oxygen atoms in total. The van der Waals surface area contributed by atoms with Crippen LogP contribution in [0.4, 0.5) is 13.2 Å². The van der Waals surface area contributed by atoms with Gasteiger partial charge in [0.25, 0.3) is 0 Å². The number of alkyl halides is 3. The van der Waals surface area contributed by atoms with Crippen LogP contribution in [0, 0.1) is 0 Å². The minimum atomic E-state index is -4.12. The van der Waals surface area contributed by atoms with Crippen molar-refractivity contribution in [1.29, 1.82) is 0 Å². The lowest BCUT2D eigenvalue weighted by molar-refractivity contribution is -0.0942. The number of rotatable bonds is 3. The molecule has 0 N–H and O–H groups in total. The zero-order valence-corrected chi connectivity index (χ0v) is 6.83. The molecule has 0 aromatic carbocycles. The molecule has 0 spiro atoms. The van der Waals surface area contributed by atoms with Gasteiger partial charge in [-0.15, -0.1) is 0 Å². The second-order valence-corrected chi connectivity index (χ2v) is 2.39. The van der Waals surface area contributed by atoms with E-state index in [1.54, 1.807) is 13.8 Å². The van der Waals surface area contributed by atoms with Gasteiger partial charge in [-0.1, -0.05) is 26.3 Å². The minimum absolute atomic E-state index is 0.136. The van der Waals surface area contributed by atoms with Gasteiger partial charge in [0.05, 0.1) is 0 Å². The van der Waals surface area contributed by atoms with E-state index in [0.29, 0.717) is 12.8 Å². The second-order valence-electron chi connectivity index (χ2n) is 2.39. The summed E-state index contributed by atoms with van der Waals surface area (Å²) in [5, 5.41) is 0. The Morgan fingerprint density at radius 1 is 1.27 bits per heavy atom. The molecule has 0 radical (unpaired) electrons. The molecule has 0 amide bonds.